The van der Waals surface area contributed by atoms with Crippen LogP contribution in [0.25, 0.3) is 0 Å². The van der Waals surface area contributed by atoms with Gasteiger partial charge in [-0.15, -0.1) is 0 Å². The van der Waals surface area contributed by atoms with E-state index in [4.69, 9.17) is 9.47 Å². The molecule has 0 saturated carbocycles. The Morgan fingerprint density at radius 2 is 1.59 bits per heavy atom. The zero-order valence-corrected chi connectivity index (χ0v) is 18.2. The molecule has 0 aliphatic rings. The minimum atomic E-state index is -3.64. The fourth-order valence-corrected chi connectivity index (χ4v) is 3.97. The smallest absolute Gasteiger partial charge is 0.243 e. The molecule has 0 radical (unpaired) electrons. The van der Waals surface area contributed by atoms with E-state index >= 15 is 0 Å². The molecule has 0 saturated heterocycles. The first-order chi connectivity index (χ1) is 13.6. The van der Waals surface area contributed by atoms with Gasteiger partial charge in [-0.1, -0.05) is 17.7 Å². The van der Waals surface area contributed by atoms with Crippen LogP contribution in [0.5, 0.6) is 11.5 Å². The molecule has 1 amide bonds. The number of aryl methyl sites for hydroxylation is 1. The Kier molecular flexibility index (Phi) is 7.50. The van der Waals surface area contributed by atoms with Crippen LogP contribution in [-0.2, 0) is 14.8 Å². The summed E-state index contributed by atoms with van der Waals surface area (Å²) in [6.07, 6.45) is 1.09. The summed E-state index contributed by atoms with van der Waals surface area (Å²) in [5, 5.41) is 2.81. The number of hydrogen-bond acceptors (Lipinski definition) is 5. The van der Waals surface area contributed by atoms with Crippen LogP contribution in [0.2, 0.25) is 0 Å². The maximum absolute atomic E-state index is 12.7. The van der Waals surface area contributed by atoms with Crippen molar-refractivity contribution in [3.05, 3.63) is 54.1 Å². The Labute approximate surface area is 172 Å². The van der Waals surface area contributed by atoms with Crippen LogP contribution in [0.4, 0.5) is 5.69 Å². The summed E-state index contributed by atoms with van der Waals surface area (Å²) in [6, 6.07) is 12.9. The van der Waals surface area contributed by atoms with Crippen LogP contribution in [0.3, 0.4) is 0 Å². The molecule has 0 heterocycles. The molecular weight excluding hydrogens is 392 g/mol. The van der Waals surface area contributed by atoms with E-state index in [1.165, 1.54) is 0 Å². The molecule has 2 aromatic carbocycles. The number of ether oxygens (including phenoxy) is 2. The summed E-state index contributed by atoms with van der Waals surface area (Å²) in [4.78, 5) is 12.7. The highest BCUT2D eigenvalue weighted by atomic mass is 32.2. The zero-order valence-electron chi connectivity index (χ0n) is 17.4. The molecule has 2 aromatic rings. The standard InChI is InChI=1S/C21H28N2O5S/c1-15-6-8-18(9-7-15)23(29(5,25)26)17(3)21(24)22-16(2)14-28-20-12-10-19(27-4)11-13-20/h6-13,16-17H,14H2,1-5H3,(H,22,24)/t16-,17+/m0/s1. The maximum atomic E-state index is 12.7. The molecule has 0 aromatic heterocycles. The number of nitrogens with zero attached hydrogens (tertiary/aromatic N) is 1. The predicted molar refractivity (Wildman–Crippen MR) is 114 cm³/mol. The van der Waals surface area contributed by atoms with Crippen molar-refractivity contribution in [1.29, 1.82) is 0 Å². The van der Waals surface area contributed by atoms with Gasteiger partial charge in [-0.2, -0.15) is 0 Å². The van der Waals surface area contributed by atoms with Crippen LogP contribution in [0, 0.1) is 6.92 Å². The first-order valence-corrected chi connectivity index (χ1v) is 11.1. The van der Waals surface area contributed by atoms with E-state index in [1.54, 1.807) is 57.4 Å². The number of anilines is 1. The number of amides is 1. The monoisotopic (exact) mass is 420 g/mol. The molecule has 0 aliphatic heterocycles. The lowest BCUT2D eigenvalue weighted by Crippen LogP contribution is -2.50. The third-order valence-electron chi connectivity index (χ3n) is 4.33. The third-order valence-corrected chi connectivity index (χ3v) is 5.57. The van der Waals surface area contributed by atoms with E-state index in [0.29, 0.717) is 11.4 Å². The SMILES string of the molecule is COc1ccc(OC[C@H](C)NC(=O)[C@@H](C)N(c2ccc(C)cc2)S(C)(=O)=O)cc1. The highest BCUT2D eigenvalue weighted by Gasteiger charge is 2.29. The van der Waals surface area contributed by atoms with Gasteiger partial charge in [-0.3, -0.25) is 9.10 Å². The van der Waals surface area contributed by atoms with Crippen molar-refractivity contribution < 1.29 is 22.7 Å². The Bertz CT molecular complexity index is 911. The topological polar surface area (TPSA) is 84.9 Å². The predicted octanol–water partition coefficient (Wildman–Crippen LogP) is 2.74. The van der Waals surface area contributed by atoms with Gasteiger partial charge in [0.05, 0.1) is 25.1 Å². The van der Waals surface area contributed by atoms with Crippen LogP contribution in [0.15, 0.2) is 48.5 Å². The maximum Gasteiger partial charge on any atom is 0.243 e. The number of carbonyl (C=O) groups is 1. The molecule has 7 nitrogen and oxygen atoms in total. The van der Waals surface area contributed by atoms with Crippen molar-refractivity contribution in [2.24, 2.45) is 0 Å². The fraction of sp³-hybridized carbons (Fsp3) is 0.381. The second-order valence-electron chi connectivity index (χ2n) is 6.97. The van der Waals surface area contributed by atoms with E-state index in [-0.39, 0.29) is 12.6 Å². The molecule has 2 atom stereocenters. The second kappa shape index (κ2) is 9.65. The highest BCUT2D eigenvalue weighted by molar-refractivity contribution is 7.92. The highest BCUT2D eigenvalue weighted by Crippen LogP contribution is 2.21. The van der Waals surface area contributed by atoms with Crippen LogP contribution in [0.1, 0.15) is 19.4 Å². The van der Waals surface area contributed by atoms with E-state index in [9.17, 15) is 13.2 Å². The molecule has 0 unspecified atom stereocenters. The molecule has 0 aliphatic carbocycles. The largest absolute Gasteiger partial charge is 0.497 e. The van der Waals surface area contributed by atoms with E-state index in [1.807, 2.05) is 19.1 Å². The lowest BCUT2D eigenvalue weighted by atomic mass is 10.2. The first-order valence-electron chi connectivity index (χ1n) is 9.25. The summed E-state index contributed by atoms with van der Waals surface area (Å²) < 4.78 is 36.5. The molecule has 29 heavy (non-hydrogen) atoms. The van der Waals surface area contributed by atoms with Gasteiger partial charge in [0, 0.05) is 0 Å². The molecule has 0 spiro atoms. The fourth-order valence-electron chi connectivity index (χ4n) is 2.80. The van der Waals surface area contributed by atoms with E-state index < -0.39 is 22.0 Å². The van der Waals surface area contributed by atoms with Crippen molar-refractivity contribution in [2.75, 3.05) is 24.3 Å². The number of nitrogens with one attached hydrogen (secondary N) is 1. The van der Waals surface area contributed by atoms with Crippen molar-refractivity contribution in [2.45, 2.75) is 32.9 Å². The van der Waals surface area contributed by atoms with Crippen LogP contribution >= 0.6 is 0 Å². The summed E-state index contributed by atoms with van der Waals surface area (Å²) >= 11 is 0. The van der Waals surface area contributed by atoms with Gasteiger partial charge in [0.2, 0.25) is 15.9 Å². The normalized spacial score (nSPS) is 13.3. The molecule has 1 N–H and O–H groups in total. The van der Waals surface area contributed by atoms with Gasteiger partial charge in [0.15, 0.2) is 0 Å². The van der Waals surface area contributed by atoms with Gasteiger partial charge in [-0.25, -0.2) is 8.42 Å². The average Bonchev–Trinajstić information content (AvgIpc) is 2.67. The molecular formula is C21H28N2O5S. The van der Waals surface area contributed by atoms with Crippen molar-refractivity contribution in [3.8, 4) is 11.5 Å². The summed E-state index contributed by atoms with van der Waals surface area (Å²) in [5.74, 6) is 0.976. The molecule has 0 bridgehead atoms. The Morgan fingerprint density at radius 1 is 1.03 bits per heavy atom. The molecule has 0 fully saturated rings. The van der Waals surface area contributed by atoms with Gasteiger partial charge < -0.3 is 14.8 Å². The molecule has 158 valence electrons. The van der Waals surface area contributed by atoms with Gasteiger partial charge in [0.25, 0.3) is 0 Å². The van der Waals surface area contributed by atoms with Gasteiger partial charge in [-0.05, 0) is 57.2 Å². The lowest BCUT2D eigenvalue weighted by Gasteiger charge is -2.29. The van der Waals surface area contributed by atoms with Crippen molar-refractivity contribution in [1.82, 2.24) is 5.32 Å². The molecule has 2 rings (SSSR count). The van der Waals surface area contributed by atoms with Crippen molar-refractivity contribution in [3.63, 3.8) is 0 Å². The third kappa shape index (κ3) is 6.39. The minimum Gasteiger partial charge on any atom is -0.497 e. The number of methoxy groups -OCH3 is 1. The van der Waals surface area contributed by atoms with Gasteiger partial charge in [0.1, 0.15) is 24.1 Å². The quantitative estimate of drug-likeness (QED) is 0.674. The number of hydrogen-bond donors (Lipinski definition) is 1. The summed E-state index contributed by atoms with van der Waals surface area (Å²) in [6.45, 7) is 5.52. The van der Waals surface area contributed by atoms with E-state index in [0.717, 1.165) is 21.9 Å². The Hall–Kier alpha value is -2.74. The lowest BCUT2D eigenvalue weighted by molar-refractivity contribution is -0.122. The average molecular weight is 421 g/mol. The van der Waals surface area contributed by atoms with E-state index in [2.05, 4.69) is 5.32 Å². The van der Waals surface area contributed by atoms with Crippen LogP contribution < -0.4 is 19.1 Å². The number of benzene rings is 2. The number of sulfonamides is 1. The zero-order chi connectivity index (χ0) is 21.6. The molecule has 8 heteroatoms. The Balaban J connectivity index is 2.01. The van der Waals surface area contributed by atoms with Gasteiger partial charge >= 0.3 is 0 Å². The minimum absolute atomic E-state index is 0.244. The van der Waals surface area contributed by atoms with Crippen molar-refractivity contribution >= 4 is 21.6 Å². The van der Waals surface area contributed by atoms with Crippen LogP contribution in [-0.4, -0.2) is 46.4 Å². The summed E-state index contributed by atoms with van der Waals surface area (Å²) in [7, 11) is -2.06. The number of rotatable bonds is 9. The second-order valence-corrected chi connectivity index (χ2v) is 8.83. The first kappa shape index (κ1) is 22.5. The summed E-state index contributed by atoms with van der Waals surface area (Å²) in [5.41, 5.74) is 1.45. The number of carbonyl (C=O) groups excluding carboxylic acids is 1. The Morgan fingerprint density at radius 3 is 2.10 bits per heavy atom.